The summed E-state index contributed by atoms with van der Waals surface area (Å²) in [5.41, 5.74) is 4.43. The van der Waals surface area contributed by atoms with Gasteiger partial charge >= 0.3 is 12.1 Å². The number of hydrogen-bond donors (Lipinski definition) is 2. The number of alkyl carbamates (subject to hydrolysis) is 1. The number of benzene rings is 2. The highest BCUT2D eigenvalue weighted by atomic mass is 16.5. The second-order valence-electron chi connectivity index (χ2n) is 8.36. The fourth-order valence-corrected chi connectivity index (χ4v) is 4.78. The highest BCUT2D eigenvalue weighted by Crippen LogP contribution is 2.44. The summed E-state index contributed by atoms with van der Waals surface area (Å²) in [6.45, 7) is 0.378. The van der Waals surface area contributed by atoms with Crippen LogP contribution in [0.3, 0.4) is 0 Å². The Bertz CT molecular complexity index is 994. The number of rotatable bonds is 7. The fraction of sp³-hybridized carbons (Fsp3) is 0.400. The number of piperidine rings is 1. The van der Waals surface area contributed by atoms with E-state index in [1.54, 1.807) is 0 Å². The first-order chi connectivity index (χ1) is 16.0. The van der Waals surface area contributed by atoms with Crippen LogP contribution < -0.4 is 5.32 Å². The second-order valence-corrected chi connectivity index (χ2v) is 8.36. The number of hydrogen-bond acceptors (Lipinski definition) is 5. The summed E-state index contributed by atoms with van der Waals surface area (Å²) in [7, 11) is 1.42. The van der Waals surface area contributed by atoms with E-state index in [0.29, 0.717) is 13.0 Å². The lowest BCUT2D eigenvalue weighted by atomic mass is 9.98. The van der Waals surface area contributed by atoms with Crippen LogP contribution in [0.4, 0.5) is 4.79 Å². The van der Waals surface area contributed by atoms with Gasteiger partial charge in [-0.3, -0.25) is 4.79 Å². The van der Waals surface area contributed by atoms with E-state index in [0.717, 1.165) is 35.1 Å². The van der Waals surface area contributed by atoms with E-state index in [4.69, 9.17) is 9.47 Å². The average molecular weight is 453 g/mol. The van der Waals surface area contributed by atoms with E-state index in [2.05, 4.69) is 17.4 Å². The van der Waals surface area contributed by atoms with Gasteiger partial charge in [0, 0.05) is 19.6 Å². The van der Waals surface area contributed by atoms with E-state index in [1.807, 2.05) is 36.4 Å². The fourth-order valence-electron chi connectivity index (χ4n) is 4.78. The number of likely N-dealkylation sites (tertiary alicyclic amines) is 1. The minimum absolute atomic E-state index is 0.0775. The van der Waals surface area contributed by atoms with E-state index < -0.39 is 30.1 Å². The third kappa shape index (κ3) is 4.71. The van der Waals surface area contributed by atoms with Crippen LogP contribution in [0.5, 0.6) is 0 Å². The molecule has 1 fully saturated rings. The lowest BCUT2D eigenvalue weighted by Crippen LogP contribution is -2.56. The van der Waals surface area contributed by atoms with Gasteiger partial charge in [0.15, 0.2) is 0 Å². The quantitative estimate of drug-likeness (QED) is 0.669. The molecule has 1 heterocycles. The SMILES string of the molecule is COCC(NC(=O)OCC1c2ccccc2-c2ccccc21)C(=O)N1CCCC[C@@H]1C(=O)O. The van der Waals surface area contributed by atoms with E-state index in [9.17, 15) is 19.5 Å². The van der Waals surface area contributed by atoms with Crippen molar-refractivity contribution in [3.8, 4) is 11.1 Å². The van der Waals surface area contributed by atoms with Gasteiger partial charge in [-0.2, -0.15) is 0 Å². The third-order valence-corrected chi connectivity index (χ3v) is 6.34. The number of ether oxygens (including phenoxy) is 2. The molecule has 33 heavy (non-hydrogen) atoms. The van der Waals surface area contributed by atoms with Crippen molar-refractivity contribution in [1.29, 1.82) is 0 Å². The molecule has 8 heteroatoms. The van der Waals surface area contributed by atoms with E-state index in [1.165, 1.54) is 12.0 Å². The predicted molar refractivity (Wildman–Crippen MR) is 121 cm³/mol. The van der Waals surface area contributed by atoms with Crippen molar-refractivity contribution >= 4 is 18.0 Å². The van der Waals surface area contributed by atoms with Crippen LogP contribution in [0.1, 0.15) is 36.3 Å². The number of aliphatic carboxylic acids is 1. The van der Waals surface area contributed by atoms with Gasteiger partial charge in [-0.1, -0.05) is 48.5 Å². The first-order valence-electron chi connectivity index (χ1n) is 11.1. The smallest absolute Gasteiger partial charge is 0.407 e. The van der Waals surface area contributed by atoms with Gasteiger partial charge in [0.1, 0.15) is 18.7 Å². The minimum Gasteiger partial charge on any atom is -0.480 e. The molecule has 0 saturated carbocycles. The number of amides is 2. The molecule has 2 aromatic carbocycles. The Kier molecular flexibility index (Phi) is 6.93. The maximum absolute atomic E-state index is 13.0. The molecule has 2 atom stereocenters. The van der Waals surface area contributed by atoms with Crippen LogP contribution in [0.2, 0.25) is 0 Å². The summed E-state index contributed by atoms with van der Waals surface area (Å²) in [6, 6.07) is 14.1. The summed E-state index contributed by atoms with van der Waals surface area (Å²) in [5, 5.41) is 12.1. The molecule has 0 radical (unpaired) electrons. The zero-order valence-electron chi connectivity index (χ0n) is 18.5. The minimum atomic E-state index is -1.04. The zero-order valence-corrected chi connectivity index (χ0v) is 18.5. The normalized spacial score (nSPS) is 18.2. The first kappa shape index (κ1) is 22.8. The molecule has 2 N–H and O–H groups in total. The van der Waals surface area contributed by atoms with Crippen LogP contribution in [-0.4, -0.2) is 66.9 Å². The number of carbonyl (C=O) groups is 3. The molecule has 2 aliphatic rings. The second kappa shape index (κ2) is 10.0. The number of fused-ring (bicyclic) bond motifs is 3. The number of nitrogens with zero attached hydrogens (tertiary/aromatic N) is 1. The van der Waals surface area contributed by atoms with Crippen molar-refractivity contribution in [1.82, 2.24) is 10.2 Å². The average Bonchev–Trinajstić information content (AvgIpc) is 3.15. The van der Waals surface area contributed by atoms with Crippen molar-refractivity contribution in [3.63, 3.8) is 0 Å². The van der Waals surface area contributed by atoms with Crippen molar-refractivity contribution in [2.75, 3.05) is 26.9 Å². The number of nitrogens with one attached hydrogen (secondary N) is 1. The molecule has 2 amide bonds. The van der Waals surface area contributed by atoms with Crippen LogP contribution in [0.15, 0.2) is 48.5 Å². The molecule has 8 nitrogen and oxygen atoms in total. The van der Waals surface area contributed by atoms with Crippen LogP contribution in [-0.2, 0) is 19.1 Å². The van der Waals surface area contributed by atoms with E-state index >= 15 is 0 Å². The Morgan fingerprint density at radius 2 is 1.70 bits per heavy atom. The van der Waals surface area contributed by atoms with Crippen LogP contribution in [0, 0.1) is 0 Å². The van der Waals surface area contributed by atoms with Gasteiger partial charge in [0.05, 0.1) is 6.61 Å². The van der Waals surface area contributed by atoms with Crippen molar-refractivity contribution in [2.24, 2.45) is 0 Å². The van der Waals surface area contributed by atoms with Gasteiger partial charge in [-0.15, -0.1) is 0 Å². The van der Waals surface area contributed by atoms with Crippen molar-refractivity contribution in [3.05, 3.63) is 59.7 Å². The molecule has 1 aliphatic carbocycles. The summed E-state index contributed by atoms with van der Waals surface area (Å²) in [4.78, 5) is 38.6. The first-order valence-corrected chi connectivity index (χ1v) is 11.1. The monoisotopic (exact) mass is 452 g/mol. The Labute approximate surface area is 192 Å². The molecule has 1 saturated heterocycles. The van der Waals surface area contributed by atoms with Crippen molar-refractivity contribution in [2.45, 2.75) is 37.3 Å². The van der Waals surface area contributed by atoms with Gasteiger partial charge < -0.3 is 24.8 Å². The van der Waals surface area contributed by atoms with Gasteiger partial charge in [-0.25, -0.2) is 9.59 Å². The summed E-state index contributed by atoms with van der Waals surface area (Å²) >= 11 is 0. The maximum Gasteiger partial charge on any atom is 0.407 e. The lowest BCUT2D eigenvalue weighted by Gasteiger charge is -2.35. The molecular formula is C25H28N2O6. The van der Waals surface area contributed by atoms with Gasteiger partial charge in [0.25, 0.3) is 0 Å². The molecule has 4 rings (SSSR count). The number of carboxylic acid groups (broad SMARTS) is 1. The highest BCUT2D eigenvalue weighted by Gasteiger charge is 2.36. The predicted octanol–water partition coefficient (Wildman–Crippen LogP) is 3.01. The van der Waals surface area contributed by atoms with Crippen LogP contribution >= 0.6 is 0 Å². The number of carboxylic acids is 1. The molecule has 0 spiro atoms. The molecule has 174 valence electrons. The Hall–Kier alpha value is -3.39. The zero-order chi connectivity index (χ0) is 23.4. The largest absolute Gasteiger partial charge is 0.480 e. The van der Waals surface area contributed by atoms with Crippen molar-refractivity contribution < 1.29 is 29.0 Å². The highest BCUT2D eigenvalue weighted by molar-refractivity contribution is 5.89. The Morgan fingerprint density at radius 3 is 2.30 bits per heavy atom. The molecule has 1 aliphatic heterocycles. The summed E-state index contributed by atoms with van der Waals surface area (Å²) < 4.78 is 10.7. The summed E-state index contributed by atoms with van der Waals surface area (Å²) in [5.74, 6) is -1.61. The number of methoxy groups -OCH3 is 1. The van der Waals surface area contributed by atoms with E-state index in [-0.39, 0.29) is 19.1 Å². The Balaban J connectivity index is 1.43. The molecule has 0 aromatic heterocycles. The topological polar surface area (TPSA) is 105 Å². The summed E-state index contributed by atoms with van der Waals surface area (Å²) in [6.07, 6.45) is 1.12. The lowest BCUT2D eigenvalue weighted by molar-refractivity contribution is -0.153. The van der Waals surface area contributed by atoms with Gasteiger partial charge in [-0.05, 0) is 41.5 Å². The maximum atomic E-state index is 13.0. The standard InChI is InChI=1S/C25H28N2O6/c1-32-15-21(23(28)27-13-7-6-12-22(27)24(29)30)26-25(31)33-14-20-18-10-4-2-8-16(18)17-9-3-5-11-19(17)20/h2-5,8-11,20-22H,6-7,12-15H2,1H3,(H,26,31)(H,29,30)/t21?,22-/m1/s1. The molecule has 1 unspecified atom stereocenters. The molecule has 0 bridgehead atoms. The molecular weight excluding hydrogens is 424 g/mol. The van der Waals surface area contributed by atoms with Gasteiger partial charge in [0.2, 0.25) is 5.91 Å². The number of carbonyl (C=O) groups excluding carboxylic acids is 2. The molecule has 2 aromatic rings. The third-order valence-electron chi connectivity index (χ3n) is 6.34. The van der Waals surface area contributed by atoms with Crippen LogP contribution in [0.25, 0.3) is 11.1 Å². The Morgan fingerprint density at radius 1 is 1.06 bits per heavy atom.